The lowest BCUT2D eigenvalue weighted by atomic mass is 10.2. The molecule has 0 aliphatic rings. The monoisotopic (exact) mass is 363 g/mol. The highest BCUT2D eigenvalue weighted by atomic mass is 35.5. The summed E-state index contributed by atoms with van der Waals surface area (Å²) in [4.78, 5) is 23.5. The van der Waals surface area contributed by atoms with Crippen LogP contribution in [0.15, 0.2) is 47.6 Å². The largest absolute Gasteiger partial charge is 0.497 e. The Labute approximate surface area is 148 Å². The van der Waals surface area contributed by atoms with E-state index in [0.29, 0.717) is 11.3 Å². The molecule has 0 unspecified atom stereocenters. The number of hydrogen-bond donors (Lipinski definition) is 2. The van der Waals surface area contributed by atoms with E-state index < -0.39 is 17.6 Å². The minimum atomic E-state index is -0.564. The zero-order chi connectivity index (χ0) is 18.2. The van der Waals surface area contributed by atoms with Gasteiger partial charge in [-0.15, -0.1) is 0 Å². The fourth-order valence-electron chi connectivity index (χ4n) is 1.85. The third-order valence-corrected chi connectivity index (χ3v) is 3.47. The number of benzene rings is 2. The molecule has 2 aromatic carbocycles. The second-order valence-corrected chi connectivity index (χ2v) is 5.25. The molecule has 2 aromatic rings. The van der Waals surface area contributed by atoms with Crippen molar-refractivity contribution < 1.29 is 18.7 Å². The Morgan fingerprint density at radius 1 is 1.24 bits per heavy atom. The molecule has 0 saturated heterocycles. The van der Waals surface area contributed by atoms with E-state index in [1.54, 1.807) is 24.3 Å². The van der Waals surface area contributed by atoms with Crippen molar-refractivity contribution in [2.45, 2.75) is 0 Å². The summed E-state index contributed by atoms with van der Waals surface area (Å²) < 4.78 is 18.5. The molecule has 0 radical (unpaired) electrons. The minimum absolute atomic E-state index is 0.0618. The van der Waals surface area contributed by atoms with Gasteiger partial charge in [0.1, 0.15) is 11.6 Å². The summed E-state index contributed by atoms with van der Waals surface area (Å²) in [7, 11) is 1.52. The lowest BCUT2D eigenvalue weighted by Crippen LogP contribution is -2.34. The predicted molar refractivity (Wildman–Crippen MR) is 92.5 cm³/mol. The van der Waals surface area contributed by atoms with E-state index in [-0.39, 0.29) is 17.1 Å². The van der Waals surface area contributed by atoms with Crippen molar-refractivity contribution in [3.8, 4) is 5.75 Å². The molecule has 0 aliphatic heterocycles. The van der Waals surface area contributed by atoms with Crippen LogP contribution in [0.5, 0.6) is 5.75 Å². The maximum Gasteiger partial charge on any atom is 0.259 e. The van der Waals surface area contributed by atoms with Crippen LogP contribution in [0.3, 0.4) is 0 Å². The highest BCUT2D eigenvalue weighted by molar-refractivity contribution is 6.33. The molecule has 0 aliphatic carbocycles. The van der Waals surface area contributed by atoms with Crippen molar-refractivity contribution in [3.63, 3.8) is 0 Å². The van der Waals surface area contributed by atoms with Gasteiger partial charge in [-0.05, 0) is 36.4 Å². The van der Waals surface area contributed by atoms with Gasteiger partial charge in [0.05, 0.1) is 24.9 Å². The molecule has 0 saturated carbocycles. The SMILES string of the molecule is COc1ccc(C(=O)NCC(=O)N/N=C/c2c(F)cccc2Cl)cc1. The van der Waals surface area contributed by atoms with Crippen LogP contribution in [-0.4, -0.2) is 31.7 Å². The highest BCUT2D eigenvalue weighted by Gasteiger charge is 2.08. The number of hydrogen-bond acceptors (Lipinski definition) is 4. The first-order valence-electron chi connectivity index (χ1n) is 7.19. The third kappa shape index (κ3) is 5.29. The molecule has 0 heterocycles. The van der Waals surface area contributed by atoms with Crippen LogP contribution in [0, 0.1) is 5.82 Å². The van der Waals surface area contributed by atoms with Gasteiger partial charge >= 0.3 is 0 Å². The number of carbonyl (C=O) groups excluding carboxylic acids is 2. The molecule has 0 fully saturated rings. The maximum atomic E-state index is 13.5. The minimum Gasteiger partial charge on any atom is -0.497 e. The average Bonchev–Trinajstić information content (AvgIpc) is 2.62. The Balaban J connectivity index is 1.84. The van der Waals surface area contributed by atoms with E-state index in [4.69, 9.17) is 16.3 Å². The molecular weight excluding hydrogens is 349 g/mol. The zero-order valence-corrected chi connectivity index (χ0v) is 14.0. The first-order valence-corrected chi connectivity index (χ1v) is 7.57. The average molecular weight is 364 g/mol. The summed E-state index contributed by atoms with van der Waals surface area (Å²) in [5.41, 5.74) is 2.63. The van der Waals surface area contributed by atoms with Crippen molar-refractivity contribution in [2.24, 2.45) is 5.10 Å². The second kappa shape index (κ2) is 8.79. The highest BCUT2D eigenvalue weighted by Crippen LogP contribution is 2.16. The predicted octanol–water partition coefficient (Wildman–Crippen LogP) is 2.37. The van der Waals surface area contributed by atoms with Gasteiger partial charge in [-0.3, -0.25) is 9.59 Å². The number of amides is 2. The van der Waals surface area contributed by atoms with Crippen molar-refractivity contribution in [2.75, 3.05) is 13.7 Å². The molecular formula is C17H15ClFN3O3. The van der Waals surface area contributed by atoms with Crippen molar-refractivity contribution in [3.05, 3.63) is 64.4 Å². The van der Waals surface area contributed by atoms with Crippen LogP contribution in [0.1, 0.15) is 15.9 Å². The van der Waals surface area contributed by atoms with Gasteiger partial charge in [0.15, 0.2) is 0 Å². The topological polar surface area (TPSA) is 79.8 Å². The Morgan fingerprint density at radius 2 is 1.96 bits per heavy atom. The molecule has 0 atom stereocenters. The molecule has 8 heteroatoms. The molecule has 0 spiro atoms. The van der Waals surface area contributed by atoms with Crippen LogP contribution in [0.2, 0.25) is 5.02 Å². The van der Waals surface area contributed by atoms with E-state index in [2.05, 4.69) is 15.8 Å². The number of hydrazone groups is 1. The summed E-state index contributed by atoms with van der Waals surface area (Å²) >= 11 is 5.83. The summed E-state index contributed by atoms with van der Waals surface area (Å²) in [5, 5.41) is 6.23. The van der Waals surface area contributed by atoms with Crippen molar-refractivity contribution in [1.82, 2.24) is 10.7 Å². The van der Waals surface area contributed by atoms with Gasteiger partial charge in [-0.25, -0.2) is 9.82 Å². The van der Waals surface area contributed by atoms with Crippen molar-refractivity contribution in [1.29, 1.82) is 0 Å². The van der Waals surface area contributed by atoms with Crippen LogP contribution in [0.4, 0.5) is 4.39 Å². The van der Waals surface area contributed by atoms with Gasteiger partial charge < -0.3 is 10.1 Å². The van der Waals surface area contributed by atoms with Gasteiger partial charge in [0, 0.05) is 11.1 Å². The number of nitrogens with one attached hydrogen (secondary N) is 2. The molecule has 2 amide bonds. The Hall–Kier alpha value is -2.93. The molecule has 0 aromatic heterocycles. The normalized spacial score (nSPS) is 10.5. The fraction of sp³-hybridized carbons (Fsp3) is 0.118. The number of rotatable bonds is 6. The lowest BCUT2D eigenvalue weighted by Gasteiger charge is -2.05. The Kier molecular flexibility index (Phi) is 6.47. The summed E-state index contributed by atoms with van der Waals surface area (Å²) in [6, 6.07) is 10.6. The molecule has 0 bridgehead atoms. The maximum absolute atomic E-state index is 13.5. The second-order valence-electron chi connectivity index (χ2n) is 4.84. The van der Waals surface area contributed by atoms with Crippen LogP contribution >= 0.6 is 11.6 Å². The number of nitrogens with zero attached hydrogens (tertiary/aromatic N) is 1. The van der Waals surface area contributed by atoms with Gasteiger partial charge in [-0.2, -0.15) is 5.10 Å². The van der Waals surface area contributed by atoms with Crippen LogP contribution < -0.4 is 15.5 Å². The Morgan fingerprint density at radius 3 is 2.60 bits per heavy atom. The van der Waals surface area contributed by atoms with E-state index in [1.165, 1.54) is 25.3 Å². The zero-order valence-electron chi connectivity index (χ0n) is 13.3. The van der Waals surface area contributed by atoms with E-state index in [1.807, 2.05) is 0 Å². The van der Waals surface area contributed by atoms with E-state index in [9.17, 15) is 14.0 Å². The molecule has 6 nitrogen and oxygen atoms in total. The lowest BCUT2D eigenvalue weighted by molar-refractivity contribution is -0.120. The number of halogens is 2. The van der Waals surface area contributed by atoms with Crippen molar-refractivity contribution >= 4 is 29.6 Å². The number of carbonyl (C=O) groups is 2. The number of methoxy groups -OCH3 is 1. The molecule has 130 valence electrons. The molecule has 2 rings (SSSR count). The van der Waals surface area contributed by atoms with Crippen LogP contribution in [-0.2, 0) is 4.79 Å². The smallest absolute Gasteiger partial charge is 0.259 e. The Bertz CT molecular complexity index is 774. The van der Waals surface area contributed by atoms with Gasteiger partial charge in [-0.1, -0.05) is 17.7 Å². The molecule has 2 N–H and O–H groups in total. The quantitative estimate of drug-likeness (QED) is 0.611. The third-order valence-electron chi connectivity index (χ3n) is 3.14. The standard InChI is InChI=1S/C17H15ClFN3O3/c1-25-12-7-5-11(6-8-12)17(24)20-10-16(23)22-21-9-13-14(18)3-2-4-15(13)19/h2-9H,10H2,1H3,(H,20,24)(H,22,23)/b21-9+. The van der Waals surface area contributed by atoms with E-state index in [0.717, 1.165) is 6.21 Å². The summed E-state index contributed by atoms with van der Waals surface area (Å²) in [5.74, 6) is -0.918. The first-order chi connectivity index (χ1) is 12.0. The van der Waals surface area contributed by atoms with Gasteiger partial charge in [0.2, 0.25) is 0 Å². The fourth-order valence-corrected chi connectivity index (χ4v) is 2.06. The first kappa shape index (κ1) is 18.4. The van der Waals surface area contributed by atoms with E-state index >= 15 is 0 Å². The summed E-state index contributed by atoms with van der Waals surface area (Å²) in [6.45, 7) is -0.285. The van der Waals surface area contributed by atoms with Crippen LogP contribution in [0.25, 0.3) is 0 Å². The summed E-state index contributed by atoms with van der Waals surface area (Å²) in [6.07, 6.45) is 1.10. The number of ether oxygens (including phenoxy) is 1. The molecule has 25 heavy (non-hydrogen) atoms. The van der Waals surface area contributed by atoms with Gasteiger partial charge in [0.25, 0.3) is 11.8 Å².